The summed E-state index contributed by atoms with van der Waals surface area (Å²) in [5, 5.41) is 11.4. The monoisotopic (exact) mass is 467 g/mol. The zero-order valence-corrected chi connectivity index (χ0v) is 20.1. The Bertz CT molecular complexity index is 1550. The van der Waals surface area contributed by atoms with Crippen molar-refractivity contribution in [1.82, 2.24) is 14.1 Å². The molecule has 0 atom stereocenters. The Morgan fingerprint density at radius 3 is 2.52 bits per heavy atom. The van der Waals surface area contributed by atoms with Crippen LogP contribution in [0, 0.1) is 20.8 Å². The van der Waals surface area contributed by atoms with Crippen LogP contribution < -0.4 is 11.2 Å². The molecule has 0 amide bonds. The highest BCUT2D eigenvalue weighted by Crippen LogP contribution is 2.48. The van der Waals surface area contributed by atoms with Crippen molar-refractivity contribution in [2.75, 3.05) is 6.61 Å². The maximum absolute atomic E-state index is 13.3. The third-order valence-electron chi connectivity index (χ3n) is 5.84. The first kappa shape index (κ1) is 22.6. The molecule has 0 unspecified atom stereocenters. The molecular formula is C24H25N3O5S. The molecule has 8 nitrogen and oxygen atoms in total. The van der Waals surface area contributed by atoms with Gasteiger partial charge in [-0.15, -0.1) is 11.3 Å². The lowest BCUT2D eigenvalue weighted by Crippen LogP contribution is -2.36. The van der Waals surface area contributed by atoms with E-state index in [0.717, 1.165) is 21.3 Å². The van der Waals surface area contributed by atoms with Crippen molar-refractivity contribution < 1.29 is 14.6 Å². The number of carbonyl (C=O) groups excluding carboxylic acids is 1. The number of aryl methyl sites for hydroxylation is 4. The van der Waals surface area contributed by atoms with E-state index in [0.29, 0.717) is 26.7 Å². The molecule has 0 radical (unpaired) electrons. The fourth-order valence-corrected chi connectivity index (χ4v) is 5.20. The lowest BCUT2D eigenvalue weighted by Gasteiger charge is -2.09. The van der Waals surface area contributed by atoms with Crippen molar-refractivity contribution in [3.8, 4) is 27.4 Å². The Morgan fingerprint density at radius 2 is 1.85 bits per heavy atom. The second kappa shape index (κ2) is 8.08. The molecule has 0 aliphatic carbocycles. The molecule has 4 aromatic rings. The van der Waals surface area contributed by atoms with Gasteiger partial charge in [-0.25, -0.2) is 9.59 Å². The highest BCUT2D eigenvalue weighted by molar-refractivity contribution is 7.16. The van der Waals surface area contributed by atoms with Crippen molar-refractivity contribution in [3.63, 3.8) is 0 Å². The number of carbonyl (C=O) groups is 1. The van der Waals surface area contributed by atoms with Crippen LogP contribution in [-0.2, 0) is 18.8 Å². The zero-order chi connectivity index (χ0) is 24.2. The maximum atomic E-state index is 13.3. The zero-order valence-electron chi connectivity index (χ0n) is 19.3. The van der Waals surface area contributed by atoms with E-state index in [1.54, 1.807) is 20.9 Å². The van der Waals surface area contributed by atoms with Gasteiger partial charge in [-0.3, -0.25) is 13.9 Å². The largest absolute Gasteiger partial charge is 0.505 e. The van der Waals surface area contributed by atoms with Gasteiger partial charge >= 0.3 is 11.7 Å². The highest BCUT2D eigenvalue weighted by Gasteiger charge is 2.29. The van der Waals surface area contributed by atoms with Crippen LogP contribution >= 0.6 is 11.3 Å². The molecule has 172 valence electrons. The van der Waals surface area contributed by atoms with Gasteiger partial charge in [0.25, 0.3) is 5.56 Å². The Morgan fingerprint density at radius 1 is 1.15 bits per heavy atom. The predicted molar refractivity (Wildman–Crippen MR) is 129 cm³/mol. The van der Waals surface area contributed by atoms with Gasteiger partial charge in [0.05, 0.1) is 22.6 Å². The van der Waals surface area contributed by atoms with Crippen molar-refractivity contribution in [1.29, 1.82) is 0 Å². The fourth-order valence-electron chi connectivity index (χ4n) is 4.10. The molecule has 0 fully saturated rings. The Labute approximate surface area is 193 Å². The quantitative estimate of drug-likeness (QED) is 0.445. The van der Waals surface area contributed by atoms with Gasteiger partial charge in [-0.05, 0) is 39.3 Å². The standard InChI is InChI=1S/C24H25N3O5S/c1-7-32-23(30)15-13(4)33-20(19(15)28)16-17-21(26(5)24(31)27(6)22(17)29)25-18(16)14-10-11(2)8-9-12(14)3/h8-10,25,28H,7H2,1-6H3. The Hall–Kier alpha value is -3.59. The molecule has 9 heteroatoms. The van der Waals surface area contributed by atoms with Crippen LogP contribution in [0.1, 0.15) is 33.3 Å². The van der Waals surface area contributed by atoms with Crippen molar-refractivity contribution in [2.24, 2.45) is 14.1 Å². The summed E-state index contributed by atoms with van der Waals surface area (Å²) >= 11 is 1.20. The van der Waals surface area contributed by atoms with Crippen LogP contribution in [0.3, 0.4) is 0 Å². The van der Waals surface area contributed by atoms with Crippen LogP contribution in [-0.4, -0.2) is 31.8 Å². The number of H-pyrrole nitrogens is 1. The molecule has 0 saturated carbocycles. The van der Waals surface area contributed by atoms with Gasteiger partial charge in [0.1, 0.15) is 17.0 Å². The maximum Gasteiger partial charge on any atom is 0.343 e. The molecule has 0 spiro atoms. The Balaban J connectivity index is 2.20. The van der Waals surface area contributed by atoms with E-state index in [9.17, 15) is 19.5 Å². The molecule has 3 heterocycles. The highest BCUT2D eigenvalue weighted by atomic mass is 32.1. The van der Waals surface area contributed by atoms with Gasteiger partial charge in [0, 0.05) is 30.1 Å². The molecule has 0 bridgehead atoms. The molecule has 0 aliphatic rings. The van der Waals surface area contributed by atoms with Crippen LogP contribution in [0.15, 0.2) is 27.8 Å². The third kappa shape index (κ3) is 3.39. The molecule has 33 heavy (non-hydrogen) atoms. The summed E-state index contributed by atoms with van der Waals surface area (Å²) in [6.45, 7) is 7.50. The number of nitrogens with one attached hydrogen (secondary N) is 1. The molecule has 0 aliphatic heterocycles. The van der Waals surface area contributed by atoms with E-state index in [1.165, 1.54) is 23.0 Å². The van der Waals surface area contributed by atoms with Crippen LogP contribution in [0.4, 0.5) is 0 Å². The first-order valence-corrected chi connectivity index (χ1v) is 11.3. The summed E-state index contributed by atoms with van der Waals surface area (Å²) in [7, 11) is 3.00. The minimum Gasteiger partial charge on any atom is -0.505 e. The van der Waals surface area contributed by atoms with E-state index in [1.807, 2.05) is 32.0 Å². The molecule has 4 rings (SSSR count). The molecule has 3 aromatic heterocycles. The average molecular weight is 468 g/mol. The van der Waals surface area contributed by atoms with E-state index >= 15 is 0 Å². The van der Waals surface area contributed by atoms with Gasteiger partial charge in [0.15, 0.2) is 0 Å². The summed E-state index contributed by atoms with van der Waals surface area (Å²) in [6, 6.07) is 5.94. The fraction of sp³-hybridized carbons (Fsp3) is 0.292. The predicted octanol–water partition coefficient (Wildman–Crippen LogP) is 3.77. The number of esters is 1. The summed E-state index contributed by atoms with van der Waals surface area (Å²) in [5.41, 5.74) is 3.32. The summed E-state index contributed by atoms with van der Waals surface area (Å²) < 4.78 is 7.54. The summed E-state index contributed by atoms with van der Waals surface area (Å²) in [4.78, 5) is 42.6. The lowest BCUT2D eigenvalue weighted by molar-refractivity contribution is 0.0523. The number of benzene rings is 1. The van der Waals surface area contributed by atoms with Crippen LogP contribution in [0.25, 0.3) is 32.7 Å². The molecular weight excluding hydrogens is 442 g/mol. The van der Waals surface area contributed by atoms with E-state index in [4.69, 9.17) is 4.74 Å². The number of hydrogen-bond acceptors (Lipinski definition) is 6. The number of aromatic nitrogens is 3. The topological polar surface area (TPSA) is 106 Å². The van der Waals surface area contributed by atoms with E-state index in [-0.39, 0.29) is 23.3 Å². The Kier molecular flexibility index (Phi) is 5.53. The number of aromatic hydroxyl groups is 1. The second-order valence-electron chi connectivity index (χ2n) is 8.05. The molecule has 2 N–H and O–H groups in total. The number of hydrogen-bond donors (Lipinski definition) is 2. The van der Waals surface area contributed by atoms with Gasteiger partial charge in [-0.1, -0.05) is 17.7 Å². The minimum absolute atomic E-state index is 0.0831. The summed E-state index contributed by atoms with van der Waals surface area (Å²) in [6.07, 6.45) is 0. The smallest absolute Gasteiger partial charge is 0.343 e. The van der Waals surface area contributed by atoms with Gasteiger partial charge in [-0.2, -0.15) is 0 Å². The van der Waals surface area contributed by atoms with Crippen molar-refractivity contribution >= 4 is 28.3 Å². The van der Waals surface area contributed by atoms with Crippen LogP contribution in [0.5, 0.6) is 5.75 Å². The van der Waals surface area contributed by atoms with Gasteiger partial charge < -0.3 is 14.8 Å². The average Bonchev–Trinajstić information content (AvgIpc) is 3.29. The minimum atomic E-state index is -0.622. The van der Waals surface area contributed by atoms with E-state index in [2.05, 4.69) is 4.98 Å². The number of ether oxygens (including phenoxy) is 1. The lowest BCUT2D eigenvalue weighted by atomic mass is 9.98. The normalized spacial score (nSPS) is 11.3. The third-order valence-corrected chi connectivity index (χ3v) is 6.95. The number of thiophene rings is 1. The first-order valence-electron chi connectivity index (χ1n) is 10.5. The number of rotatable bonds is 4. The van der Waals surface area contributed by atoms with Crippen LogP contribution in [0.2, 0.25) is 0 Å². The number of aromatic amines is 1. The molecule has 1 aromatic carbocycles. The first-order chi connectivity index (χ1) is 15.6. The van der Waals surface area contributed by atoms with E-state index < -0.39 is 17.2 Å². The van der Waals surface area contributed by atoms with Gasteiger partial charge in [0.2, 0.25) is 0 Å². The SMILES string of the molecule is CCOC(=O)c1c(C)sc(-c2c(-c3cc(C)ccc3C)[nH]c3c2c(=O)n(C)c(=O)n3C)c1O. The number of fused-ring (bicyclic) bond motifs is 1. The summed E-state index contributed by atoms with van der Waals surface area (Å²) in [5.74, 6) is -0.859. The van der Waals surface area contributed by atoms with Crippen molar-refractivity contribution in [3.05, 3.63) is 60.6 Å². The molecule has 0 saturated heterocycles. The second-order valence-corrected chi connectivity index (χ2v) is 9.28. The van der Waals surface area contributed by atoms with Crippen molar-refractivity contribution in [2.45, 2.75) is 27.7 Å². The number of nitrogens with zero attached hydrogens (tertiary/aromatic N) is 2.